The fraction of sp³-hybridized carbons (Fsp3) is 0.333. The SMILES string of the molecule is CC1(CCl)Oc2ccccc2O1. The highest BCUT2D eigenvalue weighted by Gasteiger charge is 2.35. The van der Waals surface area contributed by atoms with E-state index in [4.69, 9.17) is 21.1 Å². The first kappa shape index (κ1) is 7.74. The van der Waals surface area contributed by atoms with Crippen molar-refractivity contribution in [2.75, 3.05) is 5.88 Å². The normalized spacial score (nSPS) is 17.8. The van der Waals surface area contributed by atoms with Gasteiger partial charge in [-0.25, -0.2) is 0 Å². The number of hydrogen-bond acceptors (Lipinski definition) is 2. The van der Waals surface area contributed by atoms with Crippen LogP contribution in [0, 0.1) is 0 Å². The topological polar surface area (TPSA) is 18.5 Å². The van der Waals surface area contributed by atoms with Crippen molar-refractivity contribution in [2.45, 2.75) is 12.7 Å². The summed E-state index contributed by atoms with van der Waals surface area (Å²) < 4.78 is 11.0. The minimum atomic E-state index is -0.689. The number of hydrogen-bond donors (Lipinski definition) is 0. The highest BCUT2D eigenvalue weighted by molar-refractivity contribution is 6.18. The zero-order valence-corrected chi connectivity index (χ0v) is 7.47. The lowest BCUT2D eigenvalue weighted by atomic mass is 10.3. The first-order valence-electron chi connectivity index (χ1n) is 3.76. The molecule has 64 valence electrons. The Morgan fingerprint density at radius 3 is 2.17 bits per heavy atom. The molecule has 2 nitrogen and oxygen atoms in total. The molecule has 0 saturated heterocycles. The fourth-order valence-electron chi connectivity index (χ4n) is 1.16. The van der Waals surface area contributed by atoms with Crippen LogP contribution in [0.3, 0.4) is 0 Å². The van der Waals surface area contributed by atoms with Gasteiger partial charge in [-0.1, -0.05) is 12.1 Å². The summed E-state index contributed by atoms with van der Waals surface area (Å²) in [7, 11) is 0. The fourth-order valence-corrected chi connectivity index (χ4v) is 1.27. The molecule has 0 unspecified atom stereocenters. The first-order valence-corrected chi connectivity index (χ1v) is 4.30. The maximum atomic E-state index is 5.69. The van der Waals surface area contributed by atoms with Gasteiger partial charge in [0.2, 0.25) is 0 Å². The van der Waals surface area contributed by atoms with E-state index in [0.717, 1.165) is 11.5 Å². The highest BCUT2D eigenvalue weighted by Crippen LogP contribution is 2.38. The second kappa shape index (κ2) is 2.56. The van der Waals surface area contributed by atoms with Crippen LogP contribution in [-0.2, 0) is 0 Å². The van der Waals surface area contributed by atoms with E-state index in [-0.39, 0.29) is 0 Å². The van der Waals surface area contributed by atoms with E-state index < -0.39 is 5.79 Å². The van der Waals surface area contributed by atoms with Crippen molar-refractivity contribution >= 4 is 11.6 Å². The predicted octanol–water partition coefficient (Wildman–Crippen LogP) is 2.41. The van der Waals surface area contributed by atoms with Crippen LogP contribution < -0.4 is 9.47 Å². The van der Waals surface area contributed by atoms with Crippen LogP contribution in [0.5, 0.6) is 11.5 Å². The summed E-state index contributed by atoms with van der Waals surface area (Å²) in [4.78, 5) is 0. The molecule has 0 fully saturated rings. The van der Waals surface area contributed by atoms with Crippen LogP contribution in [0.4, 0.5) is 0 Å². The van der Waals surface area contributed by atoms with E-state index in [1.165, 1.54) is 0 Å². The van der Waals surface area contributed by atoms with Gasteiger partial charge < -0.3 is 9.47 Å². The van der Waals surface area contributed by atoms with Crippen LogP contribution in [0.1, 0.15) is 6.92 Å². The minimum absolute atomic E-state index is 0.321. The van der Waals surface area contributed by atoms with E-state index >= 15 is 0 Å². The molecule has 0 aromatic heterocycles. The van der Waals surface area contributed by atoms with Gasteiger partial charge in [0.15, 0.2) is 11.5 Å². The van der Waals surface area contributed by atoms with Gasteiger partial charge in [0.05, 0.1) is 5.88 Å². The molecule has 0 atom stereocenters. The average Bonchev–Trinajstić information content (AvgIpc) is 2.42. The molecule has 1 heterocycles. The molecule has 0 bridgehead atoms. The van der Waals surface area contributed by atoms with Crippen molar-refractivity contribution in [3.05, 3.63) is 24.3 Å². The Bertz CT molecular complexity index is 273. The Morgan fingerprint density at radius 2 is 1.75 bits per heavy atom. The molecule has 12 heavy (non-hydrogen) atoms. The molecule has 1 aliphatic heterocycles. The van der Waals surface area contributed by atoms with Gasteiger partial charge >= 0.3 is 0 Å². The van der Waals surface area contributed by atoms with Gasteiger partial charge in [-0.3, -0.25) is 0 Å². The van der Waals surface area contributed by atoms with Crippen LogP contribution in [0.15, 0.2) is 24.3 Å². The van der Waals surface area contributed by atoms with Gasteiger partial charge in [0.1, 0.15) is 0 Å². The largest absolute Gasteiger partial charge is 0.447 e. The molecule has 0 amide bonds. The molecular weight excluding hydrogens is 176 g/mol. The summed E-state index contributed by atoms with van der Waals surface area (Å²) in [5.74, 6) is 1.16. The third-order valence-corrected chi connectivity index (χ3v) is 2.23. The van der Waals surface area contributed by atoms with E-state index in [0.29, 0.717) is 5.88 Å². The third-order valence-electron chi connectivity index (χ3n) is 1.74. The van der Waals surface area contributed by atoms with Crippen molar-refractivity contribution in [1.82, 2.24) is 0 Å². The van der Waals surface area contributed by atoms with Crippen molar-refractivity contribution in [3.8, 4) is 11.5 Å². The quantitative estimate of drug-likeness (QED) is 0.624. The maximum absolute atomic E-state index is 5.69. The molecule has 0 N–H and O–H groups in total. The Balaban J connectivity index is 2.33. The Labute approximate surface area is 76.1 Å². The zero-order valence-electron chi connectivity index (χ0n) is 6.71. The van der Waals surface area contributed by atoms with Crippen molar-refractivity contribution in [1.29, 1.82) is 0 Å². The summed E-state index contributed by atoms with van der Waals surface area (Å²) >= 11 is 5.69. The molecule has 1 aliphatic rings. The summed E-state index contributed by atoms with van der Waals surface area (Å²) in [5, 5.41) is 0. The smallest absolute Gasteiger partial charge is 0.262 e. The lowest BCUT2D eigenvalue weighted by Gasteiger charge is -2.19. The van der Waals surface area contributed by atoms with E-state index in [1.807, 2.05) is 31.2 Å². The van der Waals surface area contributed by atoms with Crippen molar-refractivity contribution in [2.24, 2.45) is 0 Å². The minimum Gasteiger partial charge on any atom is -0.447 e. The van der Waals surface area contributed by atoms with Gasteiger partial charge in [-0.15, -0.1) is 11.6 Å². The number of para-hydroxylation sites is 2. The lowest BCUT2D eigenvalue weighted by molar-refractivity contribution is -0.0396. The summed E-state index contributed by atoms with van der Waals surface area (Å²) in [6.45, 7) is 1.82. The molecule has 3 heteroatoms. The average molecular weight is 185 g/mol. The first-order chi connectivity index (χ1) is 5.73. The van der Waals surface area contributed by atoms with E-state index in [9.17, 15) is 0 Å². The second-order valence-electron chi connectivity index (χ2n) is 2.92. The zero-order chi connectivity index (χ0) is 8.60. The van der Waals surface area contributed by atoms with Gasteiger partial charge in [-0.2, -0.15) is 0 Å². The summed E-state index contributed by atoms with van der Waals surface area (Å²) in [5.41, 5.74) is 0. The number of fused-ring (bicyclic) bond motifs is 1. The van der Waals surface area contributed by atoms with Crippen LogP contribution in [0.2, 0.25) is 0 Å². The van der Waals surface area contributed by atoms with Crippen molar-refractivity contribution < 1.29 is 9.47 Å². The Hall–Kier alpha value is -0.890. The summed E-state index contributed by atoms with van der Waals surface area (Å²) in [6.07, 6.45) is 0. The Morgan fingerprint density at radius 1 is 1.25 bits per heavy atom. The predicted molar refractivity (Wildman–Crippen MR) is 46.8 cm³/mol. The second-order valence-corrected chi connectivity index (χ2v) is 3.19. The molecule has 1 aromatic rings. The van der Waals surface area contributed by atoms with Gasteiger partial charge in [-0.05, 0) is 12.1 Å². The third kappa shape index (κ3) is 1.12. The molecule has 0 spiro atoms. The lowest BCUT2D eigenvalue weighted by Crippen LogP contribution is -2.36. The number of rotatable bonds is 1. The van der Waals surface area contributed by atoms with Gasteiger partial charge in [0.25, 0.3) is 5.79 Å². The van der Waals surface area contributed by atoms with Crippen molar-refractivity contribution in [3.63, 3.8) is 0 Å². The van der Waals surface area contributed by atoms with E-state index in [1.54, 1.807) is 0 Å². The van der Waals surface area contributed by atoms with Gasteiger partial charge in [0, 0.05) is 6.92 Å². The standard InChI is InChI=1S/C9H9ClO2/c1-9(6-10)11-7-4-2-3-5-8(7)12-9/h2-5H,6H2,1H3. The van der Waals surface area contributed by atoms with Crippen LogP contribution >= 0.6 is 11.6 Å². The molecule has 0 radical (unpaired) electrons. The molecule has 0 saturated carbocycles. The number of alkyl halides is 1. The number of benzene rings is 1. The highest BCUT2D eigenvalue weighted by atomic mass is 35.5. The molecule has 1 aromatic carbocycles. The number of ether oxygens (including phenoxy) is 2. The number of halogens is 1. The molecule has 0 aliphatic carbocycles. The molecule has 2 rings (SSSR count). The Kier molecular flexibility index (Phi) is 1.65. The molecular formula is C9H9ClO2. The van der Waals surface area contributed by atoms with Crippen LogP contribution in [-0.4, -0.2) is 11.7 Å². The summed E-state index contributed by atoms with van der Waals surface area (Å²) in [6, 6.07) is 7.55. The monoisotopic (exact) mass is 184 g/mol. The maximum Gasteiger partial charge on any atom is 0.262 e. The van der Waals surface area contributed by atoms with E-state index in [2.05, 4.69) is 0 Å². The van der Waals surface area contributed by atoms with Crippen LogP contribution in [0.25, 0.3) is 0 Å².